The fourth-order valence-corrected chi connectivity index (χ4v) is 3.28. The smallest absolute Gasteiger partial charge is 0.324 e. The number of carbonyl (C=O) groups excluding carboxylic acids is 1. The van der Waals surface area contributed by atoms with Crippen molar-refractivity contribution in [1.82, 2.24) is 9.13 Å². The first-order valence-corrected chi connectivity index (χ1v) is 9.58. The maximum atomic E-state index is 13.0. The second-order valence-electron chi connectivity index (χ2n) is 6.50. The normalized spacial score (nSPS) is 12.1. The first kappa shape index (κ1) is 20.2. The molecule has 6 nitrogen and oxygen atoms in total. The van der Waals surface area contributed by atoms with E-state index in [0.717, 1.165) is 0 Å². The summed E-state index contributed by atoms with van der Waals surface area (Å²) in [6.07, 6.45) is 0.614. The van der Waals surface area contributed by atoms with Crippen molar-refractivity contribution in [3.05, 3.63) is 73.3 Å². The molecular formula is C20H19Cl2N3O3. The van der Waals surface area contributed by atoms with Crippen molar-refractivity contribution in [2.45, 2.75) is 32.9 Å². The predicted octanol–water partition coefficient (Wildman–Crippen LogP) is 4.08. The Morgan fingerprint density at radius 3 is 2.50 bits per heavy atom. The Morgan fingerprint density at radius 2 is 1.82 bits per heavy atom. The van der Waals surface area contributed by atoms with Crippen LogP contribution in [0.3, 0.4) is 0 Å². The second kappa shape index (κ2) is 8.20. The number of halogens is 2. The van der Waals surface area contributed by atoms with Crippen LogP contribution in [0.1, 0.15) is 26.3 Å². The summed E-state index contributed by atoms with van der Waals surface area (Å²) in [5, 5.41) is 3.78. The third kappa shape index (κ3) is 3.84. The molecule has 0 aliphatic heterocycles. The number of anilines is 1. The summed E-state index contributed by atoms with van der Waals surface area (Å²) < 4.78 is 2.52. The molecule has 1 heterocycles. The Morgan fingerprint density at radius 1 is 1.11 bits per heavy atom. The van der Waals surface area contributed by atoms with E-state index in [4.69, 9.17) is 23.2 Å². The molecule has 1 N–H and O–H groups in total. The van der Waals surface area contributed by atoms with Gasteiger partial charge in [0.25, 0.3) is 5.56 Å². The van der Waals surface area contributed by atoms with Crippen molar-refractivity contribution in [2.75, 3.05) is 5.32 Å². The molecule has 0 fully saturated rings. The summed E-state index contributed by atoms with van der Waals surface area (Å²) in [4.78, 5) is 38.3. The molecular weight excluding hydrogens is 401 g/mol. The Kier molecular flexibility index (Phi) is 5.91. The summed E-state index contributed by atoms with van der Waals surface area (Å²) in [6.45, 7) is 3.46. The molecule has 3 aromatic rings. The molecule has 1 amide bonds. The Balaban J connectivity index is 2.04. The number of amides is 1. The first-order chi connectivity index (χ1) is 13.3. The van der Waals surface area contributed by atoms with Gasteiger partial charge in [0, 0.05) is 11.7 Å². The molecule has 0 saturated heterocycles. The van der Waals surface area contributed by atoms with Crippen LogP contribution in [0.4, 0.5) is 5.69 Å². The molecule has 0 aliphatic rings. The quantitative estimate of drug-likeness (QED) is 0.676. The molecule has 0 aliphatic carbocycles. The van der Waals surface area contributed by atoms with Crippen LogP contribution in [0, 0.1) is 0 Å². The van der Waals surface area contributed by atoms with Crippen LogP contribution >= 0.6 is 23.2 Å². The zero-order valence-corrected chi connectivity index (χ0v) is 16.9. The molecule has 0 saturated carbocycles. The van der Waals surface area contributed by atoms with Gasteiger partial charge in [-0.25, -0.2) is 4.79 Å². The van der Waals surface area contributed by atoms with Crippen LogP contribution in [0.25, 0.3) is 10.9 Å². The molecule has 3 rings (SSSR count). The number of hydrogen-bond donors (Lipinski definition) is 1. The average molecular weight is 420 g/mol. The molecule has 0 radical (unpaired) electrons. The topological polar surface area (TPSA) is 73.1 Å². The molecule has 0 bridgehead atoms. The van der Waals surface area contributed by atoms with Gasteiger partial charge in [-0.2, -0.15) is 0 Å². The van der Waals surface area contributed by atoms with Gasteiger partial charge in [0.2, 0.25) is 5.91 Å². The number of nitrogens with zero attached hydrogens (tertiary/aromatic N) is 2. The van der Waals surface area contributed by atoms with Gasteiger partial charge in [0.05, 0.1) is 20.9 Å². The van der Waals surface area contributed by atoms with E-state index in [9.17, 15) is 14.4 Å². The standard InChI is InChI=1S/C20H19Cl2N3O3/c1-3-12(2)25-19(27)14-6-4-5-7-17(14)24(20(25)28)11-18(26)23-13-8-9-15(21)16(22)10-13/h4-10,12H,3,11H2,1-2H3,(H,23,26)/t12-/m1/s1. The number of benzene rings is 2. The lowest BCUT2D eigenvalue weighted by Crippen LogP contribution is -2.43. The molecule has 8 heteroatoms. The summed E-state index contributed by atoms with van der Waals surface area (Å²) in [5.74, 6) is -0.417. The highest BCUT2D eigenvalue weighted by Crippen LogP contribution is 2.25. The highest BCUT2D eigenvalue weighted by Gasteiger charge is 2.18. The molecule has 1 atom stereocenters. The third-order valence-electron chi connectivity index (χ3n) is 4.62. The van der Waals surface area contributed by atoms with Gasteiger partial charge < -0.3 is 5.32 Å². The van der Waals surface area contributed by atoms with Gasteiger partial charge in [-0.05, 0) is 43.7 Å². The lowest BCUT2D eigenvalue weighted by molar-refractivity contribution is -0.116. The molecule has 146 valence electrons. The van der Waals surface area contributed by atoms with Gasteiger partial charge >= 0.3 is 5.69 Å². The summed E-state index contributed by atoms with van der Waals surface area (Å²) in [7, 11) is 0. The number of nitrogens with one attached hydrogen (secondary N) is 1. The average Bonchev–Trinajstić information content (AvgIpc) is 2.68. The highest BCUT2D eigenvalue weighted by atomic mass is 35.5. The Hall–Kier alpha value is -2.57. The van der Waals surface area contributed by atoms with Crippen molar-refractivity contribution < 1.29 is 4.79 Å². The van der Waals surface area contributed by atoms with Crippen LogP contribution in [0.2, 0.25) is 10.0 Å². The Labute approximate surface area is 171 Å². The fraction of sp³-hybridized carbons (Fsp3) is 0.250. The summed E-state index contributed by atoms with van der Waals surface area (Å²) in [5.41, 5.74) is 0.0202. The summed E-state index contributed by atoms with van der Waals surface area (Å²) >= 11 is 11.9. The first-order valence-electron chi connectivity index (χ1n) is 8.82. The number of hydrogen-bond acceptors (Lipinski definition) is 3. The van der Waals surface area contributed by atoms with E-state index >= 15 is 0 Å². The number of rotatable bonds is 5. The van der Waals surface area contributed by atoms with Crippen molar-refractivity contribution >= 4 is 45.7 Å². The molecule has 28 heavy (non-hydrogen) atoms. The van der Waals surface area contributed by atoms with Gasteiger partial charge in [-0.3, -0.25) is 18.7 Å². The number of fused-ring (bicyclic) bond motifs is 1. The van der Waals surface area contributed by atoms with Gasteiger partial charge in [0.1, 0.15) is 6.54 Å². The van der Waals surface area contributed by atoms with E-state index < -0.39 is 11.6 Å². The second-order valence-corrected chi connectivity index (χ2v) is 7.31. The Bertz CT molecular complexity index is 1170. The largest absolute Gasteiger partial charge is 0.332 e. The van der Waals surface area contributed by atoms with Gasteiger partial charge in [0.15, 0.2) is 0 Å². The van der Waals surface area contributed by atoms with Gasteiger partial charge in [-0.1, -0.05) is 42.3 Å². The van der Waals surface area contributed by atoms with Crippen molar-refractivity contribution in [3.63, 3.8) is 0 Å². The number of para-hydroxylation sites is 1. The van der Waals surface area contributed by atoms with Crippen LogP contribution < -0.4 is 16.6 Å². The van der Waals surface area contributed by atoms with Crippen LogP contribution in [-0.4, -0.2) is 15.0 Å². The van der Waals surface area contributed by atoms with Gasteiger partial charge in [-0.15, -0.1) is 0 Å². The lowest BCUT2D eigenvalue weighted by Gasteiger charge is -2.17. The minimum atomic E-state index is -0.512. The van der Waals surface area contributed by atoms with Crippen LogP contribution in [0.15, 0.2) is 52.1 Å². The van der Waals surface area contributed by atoms with Crippen molar-refractivity contribution in [1.29, 1.82) is 0 Å². The minimum absolute atomic E-state index is 0.240. The molecule has 1 aromatic heterocycles. The van der Waals surface area contributed by atoms with Crippen LogP contribution in [-0.2, 0) is 11.3 Å². The van der Waals surface area contributed by atoms with Crippen LogP contribution in [0.5, 0.6) is 0 Å². The predicted molar refractivity (Wildman–Crippen MR) is 113 cm³/mol. The lowest BCUT2D eigenvalue weighted by atomic mass is 10.2. The maximum Gasteiger partial charge on any atom is 0.332 e. The molecule has 2 aromatic carbocycles. The van der Waals surface area contributed by atoms with E-state index in [0.29, 0.717) is 33.1 Å². The van der Waals surface area contributed by atoms with Crippen molar-refractivity contribution in [3.8, 4) is 0 Å². The zero-order chi connectivity index (χ0) is 20.4. The molecule has 0 unspecified atom stereocenters. The fourth-order valence-electron chi connectivity index (χ4n) is 2.98. The SMILES string of the molecule is CC[C@@H](C)n1c(=O)c2ccccc2n(CC(=O)Nc2ccc(Cl)c(Cl)c2)c1=O. The third-order valence-corrected chi connectivity index (χ3v) is 5.36. The molecule has 0 spiro atoms. The van der Waals surface area contributed by atoms with E-state index in [1.165, 1.54) is 15.2 Å². The van der Waals surface area contributed by atoms with E-state index in [1.807, 2.05) is 6.92 Å². The van der Waals surface area contributed by atoms with Crippen molar-refractivity contribution in [2.24, 2.45) is 0 Å². The van der Waals surface area contributed by atoms with E-state index in [1.54, 1.807) is 43.3 Å². The number of aromatic nitrogens is 2. The zero-order valence-electron chi connectivity index (χ0n) is 15.4. The van der Waals surface area contributed by atoms with E-state index in [-0.39, 0.29) is 18.1 Å². The minimum Gasteiger partial charge on any atom is -0.324 e. The summed E-state index contributed by atoms with van der Waals surface area (Å²) in [6, 6.07) is 11.2. The van der Waals surface area contributed by atoms with E-state index in [2.05, 4.69) is 5.32 Å². The monoisotopic (exact) mass is 419 g/mol. The maximum absolute atomic E-state index is 13.0. The number of carbonyl (C=O) groups is 1. The highest BCUT2D eigenvalue weighted by molar-refractivity contribution is 6.42.